The van der Waals surface area contributed by atoms with E-state index in [1.165, 1.54) is 6.07 Å². The Balaban J connectivity index is 1.53. The van der Waals surface area contributed by atoms with Gasteiger partial charge < -0.3 is 5.32 Å². The first-order valence-electron chi connectivity index (χ1n) is 8.28. The Kier molecular flexibility index (Phi) is 4.32. The first-order chi connectivity index (χ1) is 13.2. The fraction of sp³-hybridized carbons (Fsp3) is 0. The smallest absolute Gasteiger partial charge is 0.276 e. The first kappa shape index (κ1) is 16.5. The highest BCUT2D eigenvalue weighted by Gasteiger charge is 2.11. The van der Waals surface area contributed by atoms with Crippen LogP contribution in [-0.4, -0.2) is 25.9 Å². The zero-order chi connectivity index (χ0) is 18.6. The lowest BCUT2D eigenvalue weighted by Crippen LogP contribution is -2.13. The average Bonchev–Trinajstić information content (AvgIpc) is 3.20. The summed E-state index contributed by atoms with van der Waals surface area (Å²) in [5, 5.41) is 13.5. The van der Waals surface area contributed by atoms with Gasteiger partial charge in [-0.1, -0.05) is 30.3 Å². The number of benzene rings is 2. The molecular formula is C20H15N5O2. The number of anilines is 1. The molecule has 0 saturated heterocycles. The highest BCUT2D eigenvalue weighted by Crippen LogP contribution is 2.20. The molecule has 7 nitrogen and oxygen atoms in total. The zero-order valence-corrected chi connectivity index (χ0v) is 14.2. The molecule has 132 valence electrons. The topological polar surface area (TPSA) is 92.7 Å². The Morgan fingerprint density at radius 3 is 2.59 bits per heavy atom. The number of carbonyl (C=O) groups is 1. The van der Waals surface area contributed by atoms with Crippen molar-refractivity contribution in [3.63, 3.8) is 0 Å². The molecule has 0 fully saturated rings. The molecule has 0 spiro atoms. The summed E-state index contributed by atoms with van der Waals surface area (Å²) in [7, 11) is 0. The van der Waals surface area contributed by atoms with E-state index in [4.69, 9.17) is 0 Å². The summed E-state index contributed by atoms with van der Waals surface area (Å²) in [5.41, 5.74) is 2.92. The van der Waals surface area contributed by atoms with Crippen molar-refractivity contribution < 1.29 is 4.79 Å². The normalized spacial score (nSPS) is 10.5. The Morgan fingerprint density at radius 2 is 1.81 bits per heavy atom. The molecule has 0 aliphatic heterocycles. The van der Waals surface area contributed by atoms with Gasteiger partial charge in [0.1, 0.15) is 0 Å². The van der Waals surface area contributed by atoms with Crippen molar-refractivity contribution in [1.29, 1.82) is 0 Å². The van der Waals surface area contributed by atoms with E-state index in [-0.39, 0.29) is 11.5 Å². The fourth-order valence-corrected chi connectivity index (χ4v) is 2.63. The molecule has 0 radical (unpaired) electrons. The molecule has 0 unspecified atom stereocenters. The average molecular weight is 357 g/mol. The Bertz CT molecular complexity index is 1130. The van der Waals surface area contributed by atoms with Crippen LogP contribution in [-0.2, 0) is 0 Å². The molecule has 7 heteroatoms. The molecule has 0 aliphatic rings. The van der Waals surface area contributed by atoms with E-state index in [0.717, 1.165) is 11.3 Å². The number of carbonyl (C=O) groups excluding carboxylic acids is 1. The van der Waals surface area contributed by atoms with E-state index < -0.39 is 0 Å². The Morgan fingerprint density at radius 1 is 0.963 bits per heavy atom. The second-order valence-electron chi connectivity index (χ2n) is 5.82. The Labute approximate surface area is 154 Å². The van der Waals surface area contributed by atoms with Crippen LogP contribution in [0, 0.1) is 0 Å². The predicted molar refractivity (Wildman–Crippen MR) is 102 cm³/mol. The van der Waals surface area contributed by atoms with Crippen molar-refractivity contribution in [2.24, 2.45) is 0 Å². The number of aromatic nitrogens is 4. The third-order valence-electron chi connectivity index (χ3n) is 3.94. The van der Waals surface area contributed by atoms with Gasteiger partial charge in [0.05, 0.1) is 11.4 Å². The number of hydrogen-bond acceptors (Lipinski definition) is 4. The second kappa shape index (κ2) is 7.09. The van der Waals surface area contributed by atoms with Crippen molar-refractivity contribution in [2.45, 2.75) is 0 Å². The van der Waals surface area contributed by atoms with Crippen molar-refractivity contribution in [3.05, 3.63) is 95.0 Å². The third-order valence-corrected chi connectivity index (χ3v) is 3.94. The molecule has 2 aromatic heterocycles. The Hall–Kier alpha value is -4.00. The highest BCUT2D eigenvalue weighted by molar-refractivity contribution is 6.03. The minimum atomic E-state index is -0.309. The standard InChI is InChI=1S/C20H15N5O2/c26-19-10-9-17(22-23-19)14-5-4-6-15(13-14)21-20(27)18-11-12-25(24-18)16-7-2-1-3-8-16/h1-13H,(H,21,27)(H,23,26). The lowest BCUT2D eigenvalue weighted by Gasteiger charge is -2.06. The number of hydrogen-bond donors (Lipinski definition) is 2. The summed E-state index contributed by atoms with van der Waals surface area (Å²) in [5.74, 6) is -0.309. The van der Waals surface area contributed by atoms with E-state index in [0.29, 0.717) is 17.1 Å². The summed E-state index contributed by atoms with van der Waals surface area (Å²) in [4.78, 5) is 23.6. The van der Waals surface area contributed by atoms with Gasteiger partial charge in [-0.2, -0.15) is 10.2 Å². The monoisotopic (exact) mass is 357 g/mol. The third kappa shape index (κ3) is 3.67. The maximum absolute atomic E-state index is 12.5. The maximum Gasteiger partial charge on any atom is 0.276 e. The summed E-state index contributed by atoms with van der Waals surface area (Å²) in [6.45, 7) is 0. The lowest BCUT2D eigenvalue weighted by molar-refractivity contribution is 0.102. The SMILES string of the molecule is O=C(Nc1cccc(-c2ccc(=O)[nH]n2)c1)c1ccn(-c2ccccc2)n1. The molecule has 2 N–H and O–H groups in total. The minimum Gasteiger partial charge on any atom is -0.321 e. The van der Waals surface area contributed by atoms with E-state index >= 15 is 0 Å². The van der Waals surface area contributed by atoms with Gasteiger partial charge >= 0.3 is 0 Å². The van der Waals surface area contributed by atoms with Crippen molar-refractivity contribution >= 4 is 11.6 Å². The van der Waals surface area contributed by atoms with Crippen LogP contribution in [0.4, 0.5) is 5.69 Å². The van der Waals surface area contributed by atoms with Gasteiger partial charge in [0.15, 0.2) is 5.69 Å². The van der Waals surface area contributed by atoms with Crippen LogP contribution < -0.4 is 10.9 Å². The molecule has 2 heterocycles. The van der Waals surface area contributed by atoms with Crippen molar-refractivity contribution in [3.8, 4) is 16.9 Å². The summed E-state index contributed by atoms with van der Waals surface area (Å²) >= 11 is 0. The molecular weight excluding hydrogens is 342 g/mol. The van der Waals surface area contributed by atoms with Crippen LogP contribution in [0.3, 0.4) is 0 Å². The van der Waals surface area contributed by atoms with Gasteiger partial charge in [-0.3, -0.25) is 9.59 Å². The van der Waals surface area contributed by atoms with E-state index in [1.54, 1.807) is 41.2 Å². The van der Waals surface area contributed by atoms with Gasteiger partial charge in [0, 0.05) is 23.5 Å². The van der Waals surface area contributed by atoms with Crippen molar-refractivity contribution in [1.82, 2.24) is 20.0 Å². The van der Waals surface area contributed by atoms with E-state index in [1.807, 2.05) is 36.4 Å². The van der Waals surface area contributed by atoms with Gasteiger partial charge in [-0.15, -0.1) is 0 Å². The maximum atomic E-state index is 12.5. The number of nitrogens with zero attached hydrogens (tertiary/aromatic N) is 3. The molecule has 27 heavy (non-hydrogen) atoms. The predicted octanol–water partition coefficient (Wildman–Crippen LogP) is 2.87. The fourth-order valence-electron chi connectivity index (χ4n) is 2.63. The molecule has 0 saturated carbocycles. The second-order valence-corrected chi connectivity index (χ2v) is 5.82. The van der Waals surface area contributed by atoms with Crippen LogP contribution in [0.5, 0.6) is 0 Å². The van der Waals surface area contributed by atoms with Gasteiger partial charge in [0.25, 0.3) is 11.5 Å². The molecule has 0 bridgehead atoms. The van der Waals surface area contributed by atoms with E-state index in [9.17, 15) is 9.59 Å². The number of rotatable bonds is 4. The molecule has 4 rings (SSSR count). The first-order valence-corrected chi connectivity index (χ1v) is 8.28. The van der Waals surface area contributed by atoms with Crippen LogP contribution >= 0.6 is 0 Å². The molecule has 1 amide bonds. The van der Waals surface area contributed by atoms with Gasteiger partial charge in [-0.25, -0.2) is 9.78 Å². The van der Waals surface area contributed by atoms with Gasteiger partial charge in [0.2, 0.25) is 0 Å². The summed E-state index contributed by atoms with van der Waals surface area (Å²) < 4.78 is 1.65. The van der Waals surface area contributed by atoms with E-state index in [2.05, 4.69) is 20.6 Å². The van der Waals surface area contributed by atoms with Crippen LogP contribution in [0.25, 0.3) is 16.9 Å². The number of amides is 1. The van der Waals surface area contributed by atoms with Crippen LogP contribution in [0.15, 0.2) is 83.8 Å². The number of nitrogens with one attached hydrogen (secondary N) is 2. The lowest BCUT2D eigenvalue weighted by atomic mass is 10.1. The largest absolute Gasteiger partial charge is 0.321 e. The quantitative estimate of drug-likeness (QED) is 0.587. The number of aromatic amines is 1. The number of H-pyrrole nitrogens is 1. The summed E-state index contributed by atoms with van der Waals surface area (Å²) in [6.07, 6.45) is 1.74. The number of para-hydroxylation sites is 1. The molecule has 0 atom stereocenters. The molecule has 4 aromatic rings. The molecule has 0 aliphatic carbocycles. The van der Waals surface area contributed by atoms with Crippen LogP contribution in [0.1, 0.15) is 10.5 Å². The molecule has 2 aromatic carbocycles. The zero-order valence-electron chi connectivity index (χ0n) is 14.2. The van der Waals surface area contributed by atoms with Crippen LogP contribution in [0.2, 0.25) is 0 Å². The van der Waals surface area contributed by atoms with Crippen molar-refractivity contribution in [2.75, 3.05) is 5.32 Å². The van der Waals surface area contributed by atoms with Gasteiger partial charge in [-0.05, 0) is 36.4 Å². The highest BCUT2D eigenvalue weighted by atomic mass is 16.2. The minimum absolute atomic E-state index is 0.266. The summed E-state index contributed by atoms with van der Waals surface area (Å²) in [6, 6.07) is 21.5.